The maximum atomic E-state index is 12.5. The lowest BCUT2D eigenvalue weighted by molar-refractivity contribution is 0.394. The molecule has 0 saturated heterocycles. The highest BCUT2D eigenvalue weighted by Gasteiger charge is 2.33. The zero-order valence-corrected chi connectivity index (χ0v) is 6.95. The summed E-state index contributed by atoms with van der Waals surface area (Å²) in [6.07, 6.45) is 0. The molecule has 0 saturated carbocycles. The van der Waals surface area contributed by atoms with Crippen molar-refractivity contribution in [3.8, 4) is 0 Å². The van der Waals surface area contributed by atoms with Gasteiger partial charge in [-0.3, -0.25) is 0 Å². The van der Waals surface area contributed by atoms with E-state index < -0.39 is 45.4 Å². The largest absolute Gasteiger partial charge is 0.240 e. The van der Waals surface area contributed by atoms with Gasteiger partial charge in [-0.15, -0.1) is 11.7 Å². The fourth-order valence-corrected chi connectivity index (χ4v) is 1.25. The molecule has 0 nitrogen and oxygen atoms in total. The van der Waals surface area contributed by atoms with E-state index in [1.807, 2.05) is 0 Å². The van der Waals surface area contributed by atoms with Crippen LogP contribution in [-0.4, -0.2) is 0 Å². The first-order valence-electron chi connectivity index (χ1n) is 3.00. The highest BCUT2D eigenvalue weighted by molar-refractivity contribution is 8.20. The topological polar surface area (TPSA) is 0 Å². The first kappa shape index (κ1) is 11.2. The maximum Gasteiger partial charge on any atom is 0.240 e. The molecule has 0 N–H and O–H groups in total. The molecule has 0 aliphatic heterocycles. The van der Waals surface area contributed by atoms with Crippen molar-refractivity contribution in [1.29, 1.82) is 0 Å². The van der Waals surface area contributed by atoms with Crippen LogP contribution < -0.4 is 0 Å². The van der Waals surface area contributed by atoms with Crippen LogP contribution in [0.4, 0.5) is 29.2 Å². The number of hydrogen-bond donors (Lipinski definition) is 0. The van der Waals surface area contributed by atoms with Crippen LogP contribution in [0, 0.1) is 23.3 Å². The van der Waals surface area contributed by atoms with Gasteiger partial charge in [0.05, 0.1) is 0 Å². The Morgan fingerprint density at radius 2 is 1.29 bits per heavy atom. The van der Waals surface area contributed by atoms with Crippen molar-refractivity contribution < 1.29 is 29.2 Å². The van der Waals surface area contributed by atoms with Gasteiger partial charge in [-0.05, 0) is 6.07 Å². The van der Waals surface area contributed by atoms with Crippen molar-refractivity contribution in [2.45, 2.75) is 4.90 Å². The SMILES string of the molecule is Fc1cc(S(F)(F)F)c(F)c(F)c1F. The van der Waals surface area contributed by atoms with Crippen LogP contribution in [0.15, 0.2) is 11.0 Å². The molecule has 0 unspecified atom stereocenters. The Morgan fingerprint density at radius 1 is 0.786 bits per heavy atom. The minimum absolute atomic E-state index is 0.400. The molecule has 0 aromatic heterocycles. The van der Waals surface area contributed by atoms with E-state index in [1.165, 1.54) is 0 Å². The van der Waals surface area contributed by atoms with Crippen LogP contribution in [0.5, 0.6) is 0 Å². The van der Waals surface area contributed by atoms with Crippen LogP contribution in [0.25, 0.3) is 0 Å². The number of halogens is 7. The summed E-state index contributed by atoms with van der Waals surface area (Å²) in [4.78, 5) is -2.09. The summed E-state index contributed by atoms with van der Waals surface area (Å²) in [6, 6.07) is -0.400. The summed E-state index contributed by atoms with van der Waals surface area (Å²) in [5.41, 5.74) is 0. The molecule has 8 heteroatoms. The van der Waals surface area contributed by atoms with E-state index >= 15 is 0 Å². The lowest BCUT2D eigenvalue weighted by Gasteiger charge is -2.11. The van der Waals surface area contributed by atoms with Crippen LogP contribution in [0.3, 0.4) is 0 Å². The summed E-state index contributed by atoms with van der Waals surface area (Å²) < 4.78 is 85.0. The predicted octanol–water partition coefficient (Wildman–Crippen LogP) is 4.06. The minimum Gasteiger partial charge on any atom is -0.204 e. The molecule has 80 valence electrons. The van der Waals surface area contributed by atoms with Crippen molar-refractivity contribution in [2.75, 3.05) is 0 Å². The van der Waals surface area contributed by atoms with E-state index in [9.17, 15) is 29.2 Å². The fourth-order valence-electron chi connectivity index (χ4n) is 0.720. The Bertz CT molecular complexity index is 369. The van der Waals surface area contributed by atoms with Crippen molar-refractivity contribution >= 4 is 11.2 Å². The molecule has 0 aliphatic carbocycles. The van der Waals surface area contributed by atoms with Gasteiger partial charge in [0.15, 0.2) is 23.3 Å². The van der Waals surface area contributed by atoms with Crippen molar-refractivity contribution in [1.82, 2.24) is 0 Å². The average molecular weight is 238 g/mol. The zero-order chi connectivity index (χ0) is 11.1. The second-order valence-corrected chi connectivity index (χ2v) is 3.46. The molecule has 0 aliphatic rings. The Hall–Kier alpha value is -0.920. The van der Waals surface area contributed by atoms with E-state index in [1.54, 1.807) is 0 Å². The normalized spacial score (nSPS) is 13.1. The summed E-state index contributed by atoms with van der Waals surface area (Å²) >= 11 is -6.12. The standard InChI is InChI=1S/C6HF7S/c7-2-1-3(14(11,12)13)5(9)6(10)4(2)8/h1H. The van der Waals surface area contributed by atoms with Crippen LogP contribution in [-0.2, 0) is 0 Å². The highest BCUT2D eigenvalue weighted by Crippen LogP contribution is 2.61. The van der Waals surface area contributed by atoms with Gasteiger partial charge in [0.2, 0.25) is 11.2 Å². The first-order chi connectivity index (χ1) is 6.25. The van der Waals surface area contributed by atoms with Crippen molar-refractivity contribution in [3.63, 3.8) is 0 Å². The molecule has 1 aromatic carbocycles. The molecule has 1 rings (SSSR count). The van der Waals surface area contributed by atoms with E-state index in [0.29, 0.717) is 0 Å². The van der Waals surface area contributed by atoms with Gasteiger partial charge in [-0.1, -0.05) is 0 Å². The molecule has 0 radical (unpaired) electrons. The lowest BCUT2D eigenvalue weighted by Crippen LogP contribution is -1.99. The molecule has 1 aromatic rings. The van der Waals surface area contributed by atoms with Gasteiger partial charge in [-0.2, -0.15) is 0 Å². The van der Waals surface area contributed by atoms with E-state index in [0.717, 1.165) is 0 Å². The second-order valence-electron chi connectivity index (χ2n) is 2.20. The molecule has 0 bridgehead atoms. The lowest BCUT2D eigenvalue weighted by atomic mass is 10.3. The molecular weight excluding hydrogens is 237 g/mol. The summed E-state index contributed by atoms with van der Waals surface area (Å²) in [5, 5.41) is 0. The Labute approximate surface area is 75.5 Å². The quantitative estimate of drug-likeness (QED) is 0.393. The van der Waals surface area contributed by atoms with Gasteiger partial charge in [-0.25, -0.2) is 17.6 Å². The van der Waals surface area contributed by atoms with E-state index in [-0.39, 0.29) is 0 Å². The third kappa shape index (κ3) is 1.79. The third-order valence-electron chi connectivity index (χ3n) is 1.32. The maximum absolute atomic E-state index is 12.5. The van der Waals surface area contributed by atoms with Gasteiger partial charge >= 0.3 is 0 Å². The van der Waals surface area contributed by atoms with E-state index in [2.05, 4.69) is 0 Å². The molecule has 0 amide bonds. The molecular formula is C6HF7S. The van der Waals surface area contributed by atoms with Crippen LogP contribution in [0.1, 0.15) is 0 Å². The van der Waals surface area contributed by atoms with Gasteiger partial charge in [0.1, 0.15) is 4.90 Å². The number of benzene rings is 1. The zero-order valence-electron chi connectivity index (χ0n) is 6.13. The smallest absolute Gasteiger partial charge is 0.204 e. The fraction of sp³-hybridized carbons (Fsp3) is 0. The van der Waals surface area contributed by atoms with Gasteiger partial charge in [0.25, 0.3) is 0 Å². The van der Waals surface area contributed by atoms with Crippen LogP contribution >= 0.6 is 11.2 Å². The average Bonchev–Trinajstić information content (AvgIpc) is 2.06. The Balaban J connectivity index is 3.49. The molecule has 0 fully saturated rings. The van der Waals surface area contributed by atoms with Gasteiger partial charge < -0.3 is 0 Å². The molecule has 14 heavy (non-hydrogen) atoms. The monoisotopic (exact) mass is 238 g/mol. The minimum atomic E-state index is -6.12. The van der Waals surface area contributed by atoms with Crippen molar-refractivity contribution in [2.24, 2.45) is 0 Å². The summed E-state index contributed by atoms with van der Waals surface area (Å²) in [5.74, 6) is -9.19. The Kier molecular flexibility index (Phi) is 2.66. The molecule has 0 spiro atoms. The second kappa shape index (κ2) is 3.34. The third-order valence-corrected chi connectivity index (χ3v) is 2.11. The number of hydrogen-bond acceptors (Lipinski definition) is 0. The summed E-state index contributed by atoms with van der Waals surface area (Å²) in [6.45, 7) is 0. The van der Waals surface area contributed by atoms with Crippen molar-refractivity contribution in [3.05, 3.63) is 29.3 Å². The van der Waals surface area contributed by atoms with E-state index in [4.69, 9.17) is 0 Å². The summed E-state index contributed by atoms with van der Waals surface area (Å²) in [7, 11) is 0. The van der Waals surface area contributed by atoms with Gasteiger partial charge in [0, 0.05) is 0 Å². The highest BCUT2D eigenvalue weighted by atomic mass is 32.3. The van der Waals surface area contributed by atoms with Crippen LogP contribution in [0.2, 0.25) is 0 Å². The predicted molar refractivity (Wildman–Crippen MR) is 35.5 cm³/mol. The molecule has 0 heterocycles. The Morgan fingerprint density at radius 3 is 1.71 bits per heavy atom. The number of rotatable bonds is 1. The first-order valence-corrected chi connectivity index (χ1v) is 4.33. The molecule has 0 atom stereocenters.